The van der Waals surface area contributed by atoms with Crippen molar-refractivity contribution in [3.63, 3.8) is 0 Å². The molecule has 1 amide bonds. The van der Waals surface area contributed by atoms with E-state index >= 15 is 0 Å². The first-order valence-electron chi connectivity index (χ1n) is 3.60. The van der Waals surface area contributed by atoms with Gasteiger partial charge in [-0.1, -0.05) is 13.3 Å². The smallest absolute Gasteiger partial charge is 0.420 e. The van der Waals surface area contributed by atoms with Crippen molar-refractivity contribution in [1.82, 2.24) is 4.72 Å². The maximum absolute atomic E-state index is 10.9. The summed E-state index contributed by atoms with van der Waals surface area (Å²) in [6.07, 6.45) is 0.361. The molecule has 0 aromatic carbocycles. The first-order chi connectivity index (χ1) is 5.52. The molecule has 0 saturated heterocycles. The molecule has 0 bridgehead atoms. The molecule has 0 aliphatic heterocycles. The van der Waals surface area contributed by atoms with E-state index in [0.717, 1.165) is 13.5 Å². The molecule has 0 aromatic rings. The van der Waals surface area contributed by atoms with E-state index in [4.69, 9.17) is 0 Å². The fraction of sp³-hybridized carbons (Fsp3) is 0.833. The Bertz CT molecular complexity index is 234. The van der Waals surface area contributed by atoms with E-state index < -0.39 is 16.1 Å². The van der Waals surface area contributed by atoms with Gasteiger partial charge in [-0.15, -0.1) is 0 Å². The Morgan fingerprint density at radius 2 is 2.08 bits per heavy atom. The van der Waals surface area contributed by atoms with E-state index in [1.165, 1.54) is 0 Å². The summed E-state index contributed by atoms with van der Waals surface area (Å²) in [4.78, 5) is 10.5. The summed E-state index contributed by atoms with van der Waals surface area (Å²) in [6.45, 7) is 1.87. The number of unbranched alkanes of at least 4 members (excludes halogenated alkanes) is 1. The summed E-state index contributed by atoms with van der Waals surface area (Å²) in [6, 6.07) is 0. The Balaban J connectivity index is 3.96. The Kier molecular flexibility index (Phi) is 4.65. The van der Waals surface area contributed by atoms with Crippen LogP contribution in [-0.2, 0) is 14.8 Å². The van der Waals surface area contributed by atoms with E-state index in [0.29, 0.717) is 6.42 Å². The minimum absolute atomic E-state index is 0.0431. The van der Waals surface area contributed by atoms with Crippen molar-refractivity contribution in [2.45, 2.75) is 19.8 Å². The summed E-state index contributed by atoms with van der Waals surface area (Å²) >= 11 is 0. The highest BCUT2D eigenvalue weighted by Crippen LogP contribution is 1.93. The Hall–Kier alpha value is -0.780. The predicted octanol–water partition coefficient (Wildman–Crippen LogP) is 0.472. The van der Waals surface area contributed by atoms with Crippen molar-refractivity contribution >= 4 is 16.1 Å². The second kappa shape index (κ2) is 4.97. The molecule has 0 atom stereocenters. The summed E-state index contributed by atoms with van der Waals surface area (Å²) in [5, 5.41) is 0. The highest BCUT2D eigenvalue weighted by Gasteiger charge is 2.12. The van der Waals surface area contributed by atoms with Gasteiger partial charge in [0.15, 0.2) is 0 Å². The molecule has 0 saturated carbocycles. The maximum atomic E-state index is 10.9. The Labute approximate surface area is 72.1 Å². The van der Waals surface area contributed by atoms with Gasteiger partial charge in [-0.2, -0.15) is 0 Å². The predicted molar refractivity (Wildman–Crippen MR) is 44.2 cm³/mol. The molecule has 0 spiro atoms. The van der Waals surface area contributed by atoms with E-state index in [2.05, 4.69) is 4.74 Å². The van der Waals surface area contributed by atoms with Crippen LogP contribution in [-0.4, -0.2) is 27.4 Å². The maximum Gasteiger partial charge on any atom is 0.420 e. The quantitative estimate of drug-likeness (QED) is 0.707. The van der Waals surface area contributed by atoms with Gasteiger partial charge in [-0.25, -0.2) is 17.9 Å². The lowest BCUT2D eigenvalue weighted by Gasteiger charge is -2.03. The van der Waals surface area contributed by atoms with Crippen LogP contribution in [0.3, 0.4) is 0 Å². The van der Waals surface area contributed by atoms with E-state index in [-0.39, 0.29) is 5.75 Å². The minimum atomic E-state index is -3.48. The summed E-state index contributed by atoms with van der Waals surface area (Å²) in [5.74, 6) is -0.0431. The van der Waals surface area contributed by atoms with Gasteiger partial charge in [-0.3, -0.25) is 0 Å². The van der Waals surface area contributed by atoms with Crippen LogP contribution in [0.15, 0.2) is 0 Å². The van der Waals surface area contributed by atoms with Crippen molar-refractivity contribution in [2.75, 3.05) is 12.9 Å². The number of ether oxygens (including phenoxy) is 1. The van der Waals surface area contributed by atoms with Gasteiger partial charge in [0.1, 0.15) is 0 Å². The zero-order valence-electron chi connectivity index (χ0n) is 7.16. The van der Waals surface area contributed by atoms with Crippen molar-refractivity contribution in [3.05, 3.63) is 0 Å². The Morgan fingerprint density at radius 1 is 1.50 bits per heavy atom. The third-order valence-corrected chi connectivity index (χ3v) is 2.49. The van der Waals surface area contributed by atoms with Crippen LogP contribution in [0, 0.1) is 0 Å². The lowest BCUT2D eigenvalue weighted by molar-refractivity contribution is 0.177. The largest absolute Gasteiger partial charge is 0.452 e. The molecule has 0 aliphatic carbocycles. The van der Waals surface area contributed by atoms with E-state index in [9.17, 15) is 13.2 Å². The fourth-order valence-corrected chi connectivity index (χ4v) is 1.66. The molecule has 5 nitrogen and oxygen atoms in total. The van der Waals surface area contributed by atoms with Crippen LogP contribution < -0.4 is 4.72 Å². The van der Waals surface area contributed by atoms with Crippen LogP contribution in [0.1, 0.15) is 19.8 Å². The van der Waals surface area contributed by atoms with Gasteiger partial charge in [0.05, 0.1) is 12.9 Å². The van der Waals surface area contributed by atoms with Crippen molar-refractivity contribution < 1.29 is 17.9 Å². The number of hydrogen-bond donors (Lipinski definition) is 1. The lowest BCUT2D eigenvalue weighted by atomic mass is 10.4. The van der Waals surface area contributed by atoms with Crippen LogP contribution in [0.2, 0.25) is 0 Å². The van der Waals surface area contributed by atoms with Crippen LogP contribution in [0.4, 0.5) is 4.79 Å². The molecule has 0 unspecified atom stereocenters. The van der Waals surface area contributed by atoms with Crippen LogP contribution in [0.5, 0.6) is 0 Å². The van der Waals surface area contributed by atoms with Gasteiger partial charge < -0.3 is 4.74 Å². The number of methoxy groups -OCH3 is 1. The molecular weight excluding hydrogens is 182 g/mol. The van der Waals surface area contributed by atoms with Gasteiger partial charge in [0.2, 0.25) is 10.0 Å². The number of carbonyl (C=O) groups excluding carboxylic acids is 1. The molecule has 0 aliphatic rings. The third-order valence-electron chi connectivity index (χ3n) is 1.19. The molecule has 1 N–H and O–H groups in total. The molecule has 0 rings (SSSR count). The van der Waals surface area contributed by atoms with Gasteiger partial charge in [-0.05, 0) is 6.42 Å². The second-order valence-electron chi connectivity index (χ2n) is 2.27. The number of rotatable bonds is 4. The number of amides is 1. The topological polar surface area (TPSA) is 72.5 Å². The van der Waals surface area contributed by atoms with Gasteiger partial charge in [0, 0.05) is 0 Å². The number of nitrogens with one attached hydrogen (secondary N) is 1. The third kappa shape index (κ3) is 4.95. The first-order valence-corrected chi connectivity index (χ1v) is 5.25. The lowest BCUT2D eigenvalue weighted by Crippen LogP contribution is -2.32. The zero-order chi connectivity index (χ0) is 9.61. The number of hydrogen-bond acceptors (Lipinski definition) is 4. The normalized spacial score (nSPS) is 10.8. The molecule has 12 heavy (non-hydrogen) atoms. The standard InChI is InChI=1S/C6H13NO4S/c1-3-4-5-12(9,10)7-6(8)11-2/h3-5H2,1-2H3,(H,7,8). The average Bonchev–Trinajstić information content (AvgIpc) is 2.00. The monoisotopic (exact) mass is 195 g/mol. The highest BCUT2D eigenvalue weighted by molar-refractivity contribution is 7.90. The summed E-state index contributed by atoms with van der Waals surface area (Å²) < 4.78 is 27.8. The average molecular weight is 195 g/mol. The molecule has 6 heteroatoms. The number of sulfonamides is 1. The van der Waals surface area contributed by atoms with E-state index in [1.54, 1.807) is 4.72 Å². The SMILES string of the molecule is CCCCS(=O)(=O)NC(=O)OC. The molecule has 0 heterocycles. The van der Waals surface area contributed by atoms with Crippen molar-refractivity contribution in [1.29, 1.82) is 0 Å². The van der Waals surface area contributed by atoms with Crippen molar-refractivity contribution in [3.8, 4) is 0 Å². The number of carbonyl (C=O) groups is 1. The molecular formula is C6H13NO4S. The van der Waals surface area contributed by atoms with Crippen LogP contribution in [0.25, 0.3) is 0 Å². The Morgan fingerprint density at radius 3 is 2.50 bits per heavy atom. The second-order valence-corrected chi connectivity index (χ2v) is 4.11. The molecule has 72 valence electrons. The zero-order valence-corrected chi connectivity index (χ0v) is 7.98. The van der Waals surface area contributed by atoms with Gasteiger partial charge in [0.25, 0.3) is 0 Å². The highest BCUT2D eigenvalue weighted by atomic mass is 32.2. The van der Waals surface area contributed by atoms with Crippen LogP contribution >= 0.6 is 0 Å². The molecule has 0 aromatic heterocycles. The molecule has 0 radical (unpaired) electrons. The minimum Gasteiger partial charge on any atom is -0.452 e. The summed E-state index contributed by atoms with van der Waals surface area (Å²) in [5.41, 5.74) is 0. The van der Waals surface area contributed by atoms with Gasteiger partial charge >= 0.3 is 6.09 Å². The van der Waals surface area contributed by atoms with E-state index in [1.807, 2.05) is 6.92 Å². The fourth-order valence-electron chi connectivity index (χ4n) is 0.554. The first kappa shape index (κ1) is 11.2. The summed E-state index contributed by atoms with van der Waals surface area (Å²) in [7, 11) is -2.36. The van der Waals surface area contributed by atoms with Crippen molar-refractivity contribution in [2.24, 2.45) is 0 Å². The molecule has 0 fully saturated rings.